The van der Waals surface area contributed by atoms with Crippen LogP contribution in [0.5, 0.6) is 0 Å². The zero-order valence-electron chi connectivity index (χ0n) is 8.99. The molecule has 0 fully saturated rings. The zero-order chi connectivity index (χ0) is 13.7. The predicted octanol–water partition coefficient (Wildman–Crippen LogP) is 1.52. The van der Waals surface area contributed by atoms with Crippen molar-refractivity contribution in [3.05, 3.63) is 38.8 Å². The number of amides is 1. The minimum absolute atomic E-state index is 0.0567. The van der Waals surface area contributed by atoms with Crippen molar-refractivity contribution in [1.29, 1.82) is 0 Å². The van der Waals surface area contributed by atoms with Crippen LogP contribution in [0.25, 0.3) is 6.08 Å². The molecule has 1 rings (SSSR count). The molecule has 0 aliphatic heterocycles. The van der Waals surface area contributed by atoms with Gasteiger partial charge in [-0.3, -0.25) is 14.9 Å². The maximum Gasteiger partial charge on any atom is 0.292 e. The van der Waals surface area contributed by atoms with Crippen molar-refractivity contribution in [2.45, 2.75) is 0 Å². The number of thiocarbonyl (C=S) groups is 1. The Hall–Kier alpha value is -1.93. The van der Waals surface area contributed by atoms with Gasteiger partial charge in [-0.25, -0.2) is 0 Å². The minimum Gasteiger partial charge on any atom is -0.393 e. The molecule has 0 aromatic heterocycles. The quantitative estimate of drug-likeness (QED) is 0.194. The van der Waals surface area contributed by atoms with E-state index in [0.29, 0.717) is 5.56 Å². The molecule has 0 aliphatic rings. The summed E-state index contributed by atoms with van der Waals surface area (Å²) in [6.07, 6.45) is 1.38. The summed E-state index contributed by atoms with van der Waals surface area (Å²) in [5.41, 5.74) is 6.78. The molecule has 94 valence electrons. The first-order valence-electron chi connectivity index (χ1n) is 4.64. The first kappa shape index (κ1) is 14.1. The number of carbonyl (C=O) groups excluding carboxylic acids is 1. The maximum absolute atomic E-state index is 11.3. The summed E-state index contributed by atoms with van der Waals surface area (Å²) in [5.74, 6) is -0.493. The summed E-state index contributed by atoms with van der Waals surface area (Å²) in [6.45, 7) is 0. The van der Waals surface area contributed by atoms with E-state index >= 15 is 0 Å². The molecule has 1 aromatic rings. The summed E-state index contributed by atoms with van der Waals surface area (Å²) in [7, 11) is 0. The fourth-order valence-corrected chi connectivity index (χ4v) is 1.48. The molecular weight excluding hydrogens is 274 g/mol. The molecule has 0 bridgehead atoms. The fraction of sp³-hybridized carbons (Fsp3) is 0. The number of thiol groups is 1. The van der Waals surface area contributed by atoms with E-state index in [-0.39, 0.29) is 16.3 Å². The number of nitrogens with two attached hydrogens (primary N) is 1. The standard InChI is InChI=1S/C10H9N3O3S2/c11-7-2-1-6(3-8(7)13(15)16)4-9(18)10(14)12-5-17/h1-5,18H,11H2,(H,12,14,17)/b9-4-. The van der Waals surface area contributed by atoms with Crippen LogP contribution >= 0.6 is 24.8 Å². The third kappa shape index (κ3) is 3.54. The van der Waals surface area contributed by atoms with Crippen molar-refractivity contribution in [3.63, 3.8) is 0 Å². The molecule has 1 aromatic carbocycles. The zero-order valence-corrected chi connectivity index (χ0v) is 10.7. The number of carbonyl (C=O) groups is 1. The van der Waals surface area contributed by atoms with Crippen LogP contribution in [0.4, 0.5) is 11.4 Å². The van der Waals surface area contributed by atoms with Gasteiger partial charge < -0.3 is 11.1 Å². The van der Waals surface area contributed by atoms with Crippen molar-refractivity contribution in [1.82, 2.24) is 5.32 Å². The molecule has 0 unspecified atom stereocenters. The highest BCUT2D eigenvalue weighted by molar-refractivity contribution is 7.85. The van der Waals surface area contributed by atoms with Gasteiger partial charge in [-0.05, 0) is 17.7 Å². The number of rotatable bonds is 4. The van der Waals surface area contributed by atoms with Gasteiger partial charge in [0, 0.05) is 6.07 Å². The highest BCUT2D eigenvalue weighted by atomic mass is 32.1. The lowest BCUT2D eigenvalue weighted by Crippen LogP contribution is -2.20. The average molecular weight is 283 g/mol. The van der Waals surface area contributed by atoms with Crippen molar-refractivity contribution >= 4 is 53.7 Å². The first-order valence-corrected chi connectivity index (χ1v) is 5.56. The summed E-state index contributed by atoms with van der Waals surface area (Å²) in [6, 6.07) is 4.20. The van der Waals surface area contributed by atoms with E-state index in [9.17, 15) is 14.9 Å². The Kier molecular flexibility index (Phi) is 4.81. The topological polar surface area (TPSA) is 98.3 Å². The van der Waals surface area contributed by atoms with Crippen LogP contribution in [-0.4, -0.2) is 16.3 Å². The Balaban J connectivity index is 3.08. The van der Waals surface area contributed by atoms with Gasteiger partial charge in [-0.2, -0.15) is 0 Å². The smallest absolute Gasteiger partial charge is 0.292 e. The first-order chi connectivity index (χ1) is 8.45. The van der Waals surface area contributed by atoms with Crippen LogP contribution in [0.3, 0.4) is 0 Å². The fourth-order valence-electron chi connectivity index (χ4n) is 1.16. The van der Waals surface area contributed by atoms with E-state index in [1.807, 2.05) is 0 Å². The van der Waals surface area contributed by atoms with Crippen LogP contribution in [0.2, 0.25) is 0 Å². The Morgan fingerprint density at radius 1 is 1.56 bits per heavy atom. The second-order valence-corrected chi connectivity index (χ2v) is 3.91. The molecular formula is C10H9N3O3S2. The van der Waals surface area contributed by atoms with Gasteiger partial charge in [-0.1, -0.05) is 18.3 Å². The Bertz CT molecular complexity index is 543. The van der Waals surface area contributed by atoms with Gasteiger partial charge in [0.2, 0.25) is 0 Å². The second-order valence-electron chi connectivity index (χ2n) is 3.20. The maximum atomic E-state index is 11.3. The lowest BCUT2D eigenvalue weighted by molar-refractivity contribution is -0.383. The molecule has 0 atom stereocenters. The van der Waals surface area contributed by atoms with Crippen LogP contribution in [-0.2, 0) is 4.79 Å². The number of hydrogen-bond acceptors (Lipinski definition) is 6. The molecule has 0 heterocycles. The largest absolute Gasteiger partial charge is 0.393 e. The van der Waals surface area contributed by atoms with Gasteiger partial charge in [-0.15, -0.1) is 12.6 Å². The van der Waals surface area contributed by atoms with Crippen LogP contribution in [0, 0.1) is 10.1 Å². The van der Waals surface area contributed by atoms with Gasteiger partial charge in [0.1, 0.15) is 5.69 Å². The number of hydrogen-bond donors (Lipinski definition) is 3. The number of nitro groups is 1. The van der Waals surface area contributed by atoms with Gasteiger partial charge >= 0.3 is 0 Å². The Morgan fingerprint density at radius 2 is 2.22 bits per heavy atom. The molecule has 0 aliphatic carbocycles. The summed E-state index contributed by atoms with van der Waals surface area (Å²) < 4.78 is 0. The minimum atomic E-state index is -0.595. The Morgan fingerprint density at radius 3 is 2.78 bits per heavy atom. The second kappa shape index (κ2) is 6.12. The summed E-state index contributed by atoms with van der Waals surface area (Å²) >= 11 is 8.42. The molecule has 0 saturated carbocycles. The van der Waals surface area contributed by atoms with E-state index in [4.69, 9.17) is 5.73 Å². The van der Waals surface area contributed by atoms with Crippen molar-refractivity contribution in [2.75, 3.05) is 5.73 Å². The predicted molar refractivity (Wildman–Crippen MR) is 76.3 cm³/mol. The summed E-state index contributed by atoms with van der Waals surface area (Å²) in [5, 5.41) is 12.9. The van der Waals surface area contributed by atoms with Gasteiger partial charge in [0.15, 0.2) is 0 Å². The van der Waals surface area contributed by atoms with E-state index in [0.717, 1.165) is 5.49 Å². The molecule has 1 amide bonds. The van der Waals surface area contributed by atoms with Crippen LogP contribution in [0.1, 0.15) is 5.56 Å². The van der Waals surface area contributed by atoms with Crippen molar-refractivity contribution in [3.8, 4) is 0 Å². The van der Waals surface area contributed by atoms with Gasteiger partial charge in [0.05, 0.1) is 15.3 Å². The highest BCUT2D eigenvalue weighted by Gasteiger charge is 2.11. The Labute approximate surface area is 113 Å². The van der Waals surface area contributed by atoms with E-state index < -0.39 is 10.8 Å². The van der Waals surface area contributed by atoms with E-state index in [1.54, 1.807) is 6.07 Å². The number of nitrogens with zero attached hydrogens (tertiary/aromatic N) is 1. The molecule has 0 spiro atoms. The number of nitrogens with one attached hydrogen (secondary N) is 1. The van der Waals surface area contributed by atoms with Crippen molar-refractivity contribution in [2.24, 2.45) is 0 Å². The molecule has 8 heteroatoms. The molecule has 6 nitrogen and oxygen atoms in total. The van der Waals surface area contributed by atoms with E-state index in [1.165, 1.54) is 18.2 Å². The molecule has 18 heavy (non-hydrogen) atoms. The summed E-state index contributed by atoms with van der Waals surface area (Å²) in [4.78, 5) is 21.5. The average Bonchev–Trinajstić information content (AvgIpc) is 2.31. The number of benzene rings is 1. The van der Waals surface area contributed by atoms with Crippen molar-refractivity contribution < 1.29 is 9.72 Å². The molecule has 3 N–H and O–H groups in total. The third-order valence-electron chi connectivity index (χ3n) is 1.98. The molecule has 0 saturated heterocycles. The van der Waals surface area contributed by atoms with Crippen LogP contribution < -0.4 is 11.1 Å². The number of nitrogen functional groups attached to an aromatic ring is 1. The SMILES string of the molecule is Nc1ccc(/C=C(\S)C(=O)NC=S)cc1[N+](=O)[O-]. The normalized spacial score (nSPS) is 10.8. The van der Waals surface area contributed by atoms with E-state index in [2.05, 4.69) is 30.2 Å². The molecule has 0 radical (unpaired) electrons. The number of anilines is 1. The van der Waals surface area contributed by atoms with Gasteiger partial charge in [0.25, 0.3) is 11.6 Å². The lowest BCUT2D eigenvalue weighted by Gasteiger charge is -2.01. The van der Waals surface area contributed by atoms with Crippen LogP contribution in [0.15, 0.2) is 23.1 Å². The monoisotopic (exact) mass is 283 g/mol. The lowest BCUT2D eigenvalue weighted by atomic mass is 10.1. The highest BCUT2D eigenvalue weighted by Crippen LogP contribution is 2.23. The number of nitro benzene ring substituents is 1. The third-order valence-corrected chi connectivity index (χ3v) is 2.43.